The van der Waals surface area contributed by atoms with Crippen molar-refractivity contribution in [1.29, 1.82) is 0 Å². The summed E-state index contributed by atoms with van der Waals surface area (Å²) in [6, 6.07) is 8.61. The Bertz CT molecular complexity index is 2610. The van der Waals surface area contributed by atoms with Crippen molar-refractivity contribution < 1.29 is 33.7 Å². The predicted octanol–water partition coefficient (Wildman–Crippen LogP) is 5.93. The summed E-state index contributed by atoms with van der Waals surface area (Å²) in [6.45, 7) is 12.7. The van der Waals surface area contributed by atoms with Gasteiger partial charge in [-0.3, -0.25) is 29.2 Å². The van der Waals surface area contributed by atoms with E-state index >= 15 is 4.79 Å². The second-order valence-corrected chi connectivity index (χ2v) is 21.8. The first-order chi connectivity index (χ1) is 33.2. The van der Waals surface area contributed by atoms with Gasteiger partial charge in [-0.15, -0.1) is 11.3 Å². The van der Waals surface area contributed by atoms with E-state index in [1.165, 1.54) is 16.3 Å². The van der Waals surface area contributed by atoms with Crippen molar-refractivity contribution in [2.24, 2.45) is 28.4 Å². The maximum absolute atomic E-state index is 15.0. The van der Waals surface area contributed by atoms with Crippen molar-refractivity contribution in [2.75, 3.05) is 46.4 Å². The first-order valence-corrected chi connectivity index (χ1v) is 25.9. The van der Waals surface area contributed by atoms with Crippen molar-refractivity contribution in [1.82, 2.24) is 40.1 Å². The molecule has 3 aromatic heterocycles. The zero-order valence-corrected chi connectivity index (χ0v) is 41.8. The van der Waals surface area contributed by atoms with E-state index in [-0.39, 0.29) is 55.2 Å². The summed E-state index contributed by atoms with van der Waals surface area (Å²) in [5, 5.41) is 8.32. The van der Waals surface area contributed by atoms with Crippen molar-refractivity contribution in [3.05, 3.63) is 63.1 Å². The number of ether oxygens (including phenoxy) is 1. The minimum absolute atomic E-state index is 0.0490. The summed E-state index contributed by atoms with van der Waals surface area (Å²) in [5.41, 5.74) is 14.4. The molecule has 9 rings (SSSR count). The quantitative estimate of drug-likeness (QED) is 0.170. The molecule has 370 valence electrons. The maximum atomic E-state index is 15.0. The fraction of sp³-hybridized carbons (Fsp3) is 0.608. The van der Waals surface area contributed by atoms with E-state index in [9.17, 15) is 19.3 Å². The predicted molar refractivity (Wildman–Crippen MR) is 262 cm³/mol. The number of rotatable bonds is 10. The maximum Gasteiger partial charge on any atom is 0.326 e. The SMILES string of the molecule is CCn1c(-c2cccnc2[C@H](C)OC)c2c3cc(ccc31)-c1csc(n1)C[C@H](NC(=O)[C@H](C1CCCC1)N1CC[C@]3(CCN(C(=O)[C@H](C)CN)C3)C1=O)C(=O)N1CCC[C@H](N1)[N+](=O)OCC(C)(C)C2. The molecule has 4 aromatic rings. The number of nitrogens with one attached hydrogen (secondary N) is 2. The summed E-state index contributed by atoms with van der Waals surface area (Å²) < 4.78 is 8.15. The largest absolute Gasteiger partial charge is 0.375 e. The summed E-state index contributed by atoms with van der Waals surface area (Å²) in [4.78, 5) is 91.7. The number of nitrogens with two attached hydrogens (primary N) is 1. The topological polar surface area (TPSA) is 197 Å². The van der Waals surface area contributed by atoms with Gasteiger partial charge in [-0.25, -0.2) is 9.82 Å². The molecule has 1 spiro atoms. The van der Waals surface area contributed by atoms with Crippen LogP contribution in [0.25, 0.3) is 33.4 Å². The number of benzene rings is 1. The van der Waals surface area contributed by atoms with Gasteiger partial charge in [0.25, 0.3) is 5.91 Å². The standard InChI is InChI=1S/C51H68N10O7S/c1-7-58-40-17-16-34-24-36(40)37(45(58)35-14-10-20-53-43(35)32(3)67-6)26-50(4,5)30-68-61(66)41-15-11-21-60(56-41)48(64)38(25-42-54-39(34)28-69-42)55-46(62)44(33-12-8-9-13-33)59-23-19-51(49(59)65)18-22-57(29-51)47(63)31(2)27-52/h10,14,16-17,20,24,28,31-33,38,41,44,56H,7-9,11-13,15,18-19,21-23,25-27,29-30,52H2,1-6H3/p+1/t31-,32+,38+,41-,44+,51+/m1/s1. The molecule has 4 N–H and O–H groups in total. The molecule has 1 saturated carbocycles. The lowest BCUT2D eigenvalue weighted by molar-refractivity contribution is -0.835. The number of likely N-dealkylation sites (tertiary alicyclic amines) is 2. The number of carbonyl (C=O) groups is 4. The number of methoxy groups -OCH3 is 1. The van der Waals surface area contributed by atoms with Gasteiger partial charge in [0.1, 0.15) is 12.1 Å². The number of hydrogen-bond donors (Lipinski definition) is 3. The Labute approximate surface area is 408 Å². The fourth-order valence-electron chi connectivity index (χ4n) is 11.6. The highest BCUT2D eigenvalue weighted by Crippen LogP contribution is 2.45. The van der Waals surface area contributed by atoms with Crippen LogP contribution in [-0.2, 0) is 48.1 Å². The number of carbonyl (C=O) groups excluding carboxylic acids is 4. The molecule has 4 aliphatic heterocycles. The average Bonchev–Trinajstić information content (AvgIpc) is 4.23. The van der Waals surface area contributed by atoms with Gasteiger partial charge in [-0.2, -0.15) is 5.43 Å². The highest BCUT2D eigenvalue weighted by Gasteiger charge is 2.55. The lowest BCUT2D eigenvalue weighted by Gasteiger charge is -2.35. The third-order valence-corrected chi connectivity index (χ3v) is 16.4. The van der Waals surface area contributed by atoms with Crippen LogP contribution >= 0.6 is 11.3 Å². The normalized spacial score (nSPS) is 24.7. The molecular weight excluding hydrogens is 897 g/mol. The van der Waals surface area contributed by atoms with Gasteiger partial charge in [-0.1, -0.05) is 39.7 Å². The second-order valence-electron chi connectivity index (χ2n) is 20.9. The summed E-state index contributed by atoms with van der Waals surface area (Å²) in [7, 11) is 1.69. The van der Waals surface area contributed by atoms with E-state index in [2.05, 4.69) is 60.3 Å². The van der Waals surface area contributed by atoms with Crippen molar-refractivity contribution in [3.8, 4) is 22.5 Å². The van der Waals surface area contributed by atoms with E-state index in [0.29, 0.717) is 74.8 Å². The number of hydrogen-bond acceptors (Lipinski definition) is 12. The molecule has 17 nitrogen and oxygen atoms in total. The Hall–Kier alpha value is -5.30. The van der Waals surface area contributed by atoms with E-state index in [0.717, 1.165) is 70.4 Å². The van der Waals surface area contributed by atoms with Crippen LogP contribution in [-0.4, -0.2) is 123 Å². The zero-order chi connectivity index (χ0) is 48.8. The van der Waals surface area contributed by atoms with Gasteiger partial charge in [0.05, 0.1) is 38.5 Å². The van der Waals surface area contributed by atoms with Crippen LogP contribution in [0.2, 0.25) is 0 Å². The Morgan fingerprint density at radius 2 is 1.87 bits per heavy atom. The van der Waals surface area contributed by atoms with Gasteiger partial charge in [-0.05, 0) is 88.1 Å². The lowest BCUT2D eigenvalue weighted by atomic mass is 9.84. The van der Waals surface area contributed by atoms with E-state index in [1.807, 2.05) is 25.3 Å². The molecule has 6 bridgehead atoms. The van der Waals surface area contributed by atoms with Gasteiger partial charge < -0.3 is 30.2 Å². The minimum Gasteiger partial charge on any atom is -0.375 e. The van der Waals surface area contributed by atoms with Crippen LogP contribution in [0, 0.1) is 27.6 Å². The third kappa shape index (κ3) is 9.41. The summed E-state index contributed by atoms with van der Waals surface area (Å²) in [6.07, 6.45) is 6.88. The van der Waals surface area contributed by atoms with Crippen LogP contribution in [0.5, 0.6) is 0 Å². The van der Waals surface area contributed by atoms with E-state index in [4.69, 9.17) is 25.3 Å². The molecule has 0 radical (unpaired) electrons. The lowest BCUT2D eigenvalue weighted by Crippen LogP contribution is -2.62. The monoisotopic (exact) mass is 966 g/mol. The molecule has 1 aromatic carbocycles. The minimum atomic E-state index is -1.06. The number of aryl methyl sites for hydroxylation is 1. The van der Waals surface area contributed by atoms with Gasteiger partial charge >= 0.3 is 6.17 Å². The van der Waals surface area contributed by atoms with Crippen molar-refractivity contribution in [3.63, 3.8) is 0 Å². The number of pyridine rings is 1. The number of aromatic nitrogens is 3. The van der Waals surface area contributed by atoms with Gasteiger partial charge in [0.15, 0.2) is 6.61 Å². The molecule has 4 amide bonds. The third-order valence-electron chi connectivity index (χ3n) is 15.5. The smallest absolute Gasteiger partial charge is 0.326 e. The Morgan fingerprint density at radius 3 is 2.62 bits per heavy atom. The van der Waals surface area contributed by atoms with Gasteiger partial charge in [0.2, 0.25) is 22.6 Å². The highest BCUT2D eigenvalue weighted by molar-refractivity contribution is 7.10. The number of thiazole rings is 1. The summed E-state index contributed by atoms with van der Waals surface area (Å²) in [5.74, 6) is -1.34. The van der Waals surface area contributed by atoms with E-state index < -0.39 is 35.0 Å². The zero-order valence-electron chi connectivity index (χ0n) is 41.0. The Morgan fingerprint density at radius 1 is 1.09 bits per heavy atom. The van der Waals surface area contributed by atoms with E-state index in [1.54, 1.807) is 23.1 Å². The van der Waals surface area contributed by atoms with Crippen molar-refractivity contribution >= 4 is 45.9 Å². The molecule has 69 heavy (non-hydrogen) atoms. The molecule has 18 heteroatoms. The summed E-state index contributed by atoms with van der Waals surface area (Å²) >= 11 is 1.43. The Kier molecular flexibility index (Phi) is 14.0. The first-order valence-electron chi connectivity index (χ1n) is 25.0. The van der Waals surface area contributed by atoms with Crippen LogP contribution < -0.4 is 16.5 Å². The van der Waals surface area contributed by atoms with Crippen LogP contribution in [0.3, 0.4) is 0 Å². The molecule has 3 saturated heterocycles. The van der Waals surface area contributed by atoms with Crippen LogP contribution in [0.1, 0.15) is 108 Å². The highest BCUT2D eigenvalue weighted by atomic mass is 32.1. The fourth-order valence-corrected chi connectivity index (χ4v) is 12.4. The first kappa shape index (κ1) is 48.7. The number of amides is 4. The van der Waals surface area contributed by atoms with Crippen LogP contribution in [0.15, 0.2) is 41.9 Å². The second kappa shape index (κ2) is 19.8. The van der Waals surface area contributed by atoms with Crippen LogP contribution in [0.4, 0.5) is 0 Å². The molecule has 1 aliphatic carbocycles. The Balaban J connectivity index is 1.07. The molecular formula is C51H69N10O7S+. The molecule has 0 unspecified atom stereocenters. The molecule has 4 fully saturated rings. The number of nitrogens with zero attached hydrogens (tertiary/aromatic N) is 7. The number of fused-ring (bicyclic) bond motifs is 6. The number of hydrazine groups is 1. The van der Waals surface area contributed by atoms with Crippen molar-refractivity contribution in [2.45, 2.75) is 130 Å². The average molecular weight is 966 g/mol. The molecule has 6 atom stereocenters. The van der Waals surface area contributed by atoms with Gasteiger partial charge in [0, 0.05) is 104 Å². The molecule has 7 heterocycles. The molecule has 5 aliphatic rings.